The molecule has 0 saturated heterocycles. The minimum absolute atomic E-state index is 0. The summed E-state index contributed by atoms with van der Waals surface area (Å²) in [6.45, 7) is 0. The molecule has 0 fully saturated rings. The van der Waals surface area contributed by atoms with Crippen LogP contribution in [-0.4, -0.2) is 224 Å². The minimum atomic E-state index is -4.67. The molecular weight excluding hydrogens is 1100 g/mol. The van der Waals surface area contributed by atoms with Crippen molar-refractivity contribution >= 4 is 153 Å². The zero-order chi connectivity index (χ0) is 45.0. The van der Waals surface area contributed by atoms with Gasteiger partial charge in [0.1, 0.15) is 0 Å². The van der Waals surface area contributed by atoms with E-state index in [0.29, 0.717) is 0 Å². The summed E-state index contributed by atoms with van der Waals surface area (Å²) in [5, 5.41) is 0. The topological polar surface area (TPSA) is 746 Å². The van der Waals surface area contributed by atoms with E-state index in [-0.39, 0.29) is 48.9 Å². The van der Waals surface area contributed by atoms with Crippen LogP contribution in [0.5, 0.6) is 0 Å². The first-order valence-corrected chi connectivity index (χ1v) is 21.0. The average Bonchev–Trinajstić information content (AvgIpc) is 2.34. The summed E-state index contributed by atoms with van der Waals surface area (Å²) in [5.74, 6) is 0. The molecule has 324 valence electrons. The quantitative estimate of drug-likeness (QED) is 0.0791. The van der Waals surface area contributed by atoms with Gasteiger partial charge in [-0.3, -0.25) is 91.1 Å². The summed E-state index contributed by atoms with van der Waals surface area (Å²) in [5.41, 5.74) is 0. The van der Waals surface area contributed by atoms with E-state index in [9.17, 15) is 0 Å². The molecule has 0 radical (unpaired) electrons. The summed E-state index contributed by atoms with van der Waals surface area (Å²) in [6.07, 6.45) is 0. The van der Waals surface area contributed by atoms with Crippen LogP contribution in [0.4, 0.5) is 0 Å². The summed E-state index contributed by atoms with van der Waals surface area (Å²) in [4.78, 5) is 0. The van der Waals surface area contributed by atoms with Crippen molar-refractivity contribution in [3.63, 3.8) is 0 Å². The second-order valence-electron chi connectivity index (χ2n) is 4.48. The van der Waals surface area contributed by atoms with Gasteiger partial charge in [0.15, 0.2) is 0 Å². The predicted octanol–water partition coefficient (Wildman–Crippen LogP) is -7.44. The van der Waals surface area contributed by atoms with E-state index < -0.39 is 104 Å². The van der Waals surface area contributed by atoms with E-state index in [2.05, 4.69) is 0 Å². The Labute approximate surface area is 324 Å². The van der Waals surface area contributed by atoms with E-state index >= 15 is 0 Å². The van der Waals surface area contributed by atoms with Gasteiger partial charge < -0.3 is 0 Å². The molecule has 0 aromatic rings. The van der Waals surface area contributed by atoms with Crippen LogP contribution < -0.4 is 0 Å². The molecule has 40 nitrogen and oxygen atoms in total. The van der Waals surface area contributed by atoms with Gasteiger partial charge in [0, 0.05) is 0 Å². The van der Waals surface area contributed by atoms with E-state index in [4.69, 9.17) is 175 Å². The van der Waals surface area contributed by atoms with Gasteiger partial charge in [0.25, 0.3) is 0 Å². The summed E-state index contributed by atoms with van der Waals surface area (Å²) in [7, 11) is -46.7. The normalized spacial score (nSPS) is 11.4. The van der Waals surface area contributed by atoms with Gasteiger partial charge in [-0.2, -0.15) is 84.2 Å². The zero-order valence-electron chi connectivity index (χ0n) is 21.2. The predicted molar refractivity (Wildman–Crippen MR) is 150 cm³/mol. The third kappa shape index (κ3) is 1590000. The van der Waals surface area contributed by atoms with Gasteiger partial charge in [-0.25, -0.2) is 0 Å². The Balaban J connectivity index is -0.0000000386. The molecule has 0 aromatic heterocycles. The van der Waals surface area contributed by atoms with Crippen LogP contribution >= 0.6 is 0 Å². The molecule has 0 unspecified atom stereocenters. The van der Waals surface area contributed by atoms with Gasteiger partial charge in [-0.05, 0) is 0 Å². The van der Waals surface area contributed by atoms with Crippen LogP contribution in [0.1, 0.15) is 0 Å². The Morgan fingerprint density at radius 2 is 0.137 bits per heavy atom. The van der Waals surface area contributed by atoms with Crippen molar-refractivity contribution < 1.29 is 175 Å². The van der Waals surface area contributed by atoms with Crippen LogP contribution in [-0.2, 0) is 104 Å². The van der Waals surface area contributed by atoms with Crippen molar-refractivity contribution in [2.45, 2.75) is 0 Å². The Kier molecular flexibility index (Phi) is 52.6. The van der Waals surface area contributed by atoms with Crippen molar-refractivity contribution in [1.82, 2.24) is 0 Å². The first-order chi connectivity index (χ1) is 20.0. The molecule has 0 aromatic carbocycles. The van der Waals surface area contributed by atoms with Crippen LogP contribution in [0.2, 0.25) is 0 Å². The van der Waals surface area contributed by atoms with Crippen molar-refractivity contribution in [1.29, 1.82) is 0 Å². The molecule has 51 heavy (non-hydrogen) atoms. The molecule has 20 N–H and O–H groups in total. The molecule has 0 aliphatic rings. The van der Waals surface area contributed by atoms with Crippen molar-refractivity contribution in [3.05, 3.63) is 0 Å². The third-order valence-corrected chi connectivity index (χ3v) is 0. The molecule has 0 atom stereocenters. The second-order valence-corrected chi connectivity index (χ2v) is 13.4. The van der Waals surface area contributed by atoms with Gasteiger partial charge >= 0.3 is 153 Å². The molecule has 0 bridgehead atoms. The maximum atomic E-state index is 8.74. The van der Waals surface area contributed by atoms with Crippen LogP contribution in [0.25, 0.3) is 0 Å². The second kappa shape index (κ2) is 33.6. The van der Waals surface area contributed by atoms with Crippen LogP contribution in [0.3, 0.4) is 0 Å². The Hall–Kier alpha value is 0.271. The Morgan fingerprint density at radius 3 is 0.137 bits per heavy atom. The Morgan fingerprint density at radius 1 is 0.137 bits per heavy atom. The molecule has 51 heteroatoms. The Bertz CT molecular complexity index is 1370. The van der Waals surface area contributed by atoms with Gasteiger partial charge in [-0.15, -0.1) is 0 Å². The van der Waals surface area contributed by atoms with E-state index in [1.54, 1.807) is 0 Å². The molecule has 0 spiro atoms. The maximum absolute atomic E-state index is 8.74. The number of hydrogen-bond acceptors (Lipinski definition) is 20. The van der Waals surface area contributed by atoms with Gasteiger partial charge in [0.05, 0.1) is 0 Å². The fourth-order valence-corrected chi connectivity index (χ4v) is 0. The SMILES string of the molecule is O=S(=O)(O)O.O=S(=O)(O)O.O=S(=O)(O)O.O=S(=O)(O)O.O=S(=O)(O)O.O=S(=O)(O)O.O=S(=O)(O)O.O=S(=O)(O)O.O=S(=O)(O)O.O=S(=O)(O)O.[BaH2]. The molecule has 0 rings (SSSR count). The van der Waals surface area contributed by atoms with Gasteiger partial charge in [-0.1, -0.05) is 0 Å². The van der Waals surface area contributed by atoms with Crippen LogP contribution in [0.15, 0.2) is 0 Å². The number of rotatable bonds is 0. The average molecular weight is 1120 g/mol. The van der Waals surface area contributed by atoms with Gasteiger partial charge in [0.2, 0.25) is 0 Å². The molecule has 0 heterocycles. The number of hydrogen-bond donors (Lipinski definition) is 20. The molecule has 0 aliphatic heterocycles. The van der Waals surface area contributed by atoms with E-state index in [1.807, 2.05) is 0 Å². The first-order valence-electron chi connectivity index (χ1n) is 6.98. The summed E-state index contributed by atoms with van der Waals surface area (Å²) < 4.78 is 316. The fraction of sp³-hybridized carbons (Fsp3) is 0. The summed E-state index contributed by atoms with van der Waals surface area (Å²) in [6, 6.07) is 0. The standard InChI is InChI=1S/Ba.10H2O4S.2H/c;10*1-5(2,3)4;;/h;10*(H2,1,2,3,4);;. The zero-order valence-corrected chi connectivity index (χ0v) is 29.4. The molecular formula is H22BaO40S10. The monoisotopic (exact) mass is 1120 g/mol. The van der Waals surface area contributed by atoms with Crippen LogP contribution in [0, 0.1) is 0 Å². The molecule has 0 aliphatic carbocycles. The third-order valence-electron chi connectivity index (χ3n) is 0. The molecule has 0 saturated carbocycles. The fourth-order valence-electron chi connectivity index (χ4n) is 0. The first kappa shape index (κ1) is 79.9. The van der Waals surface area contributed by atoms with E-state index in [0.717, 1.165) is 0 Å². The van der Waals surface area contributed by atoms with Crippen molar-refractivity contribution in [2.75, 3.05) is 0 Å². The summed E-state index contributed by atoms with van der Waals surface area (Å²) >= 11 is 0. The van der Waals surface area contributed by atoms with E-state index in [1.165, 1.54) is 0 Å². The van der Waals surface area contributed by atoms with Crippen molar-refractivity contribution in [3.8, 4) is 0 Å². The van der Waals surface area contributed by atoms with Crippen molar-refractivity contribution in [2.24, 2.45) is 0 Å². The molecule has 0 amide bonds.